The molecule has 218 valence electrons. The van der Waals surface area contributed by atoms with Gasteiger partial charge in [0, 0.05) is 33.6 Å². The van der Waals surface area contributed by atoms with Crippen LogP contribution < -0.4 is 10.1 Å². The minimum absolute atomic E-state index is 0.142. The smallest absolute Gasteiger partial charge is 0.251 e. The fourth-order valence-corrected chi connectivity index (χ4v) is 7.32. The maximum atomic E-state index is 13.4. The third-order valence-corrected chi connectivity index (χ3v) is 9.58. The van der Waals surface area contributed by atoms with E-state index in [1.807, 2.05) is 54.6 Å². The van der Waals surface area contributed by atoms with E-state index in [1.165, 1.54) is 12.8 Å². The molecule has 1 unspecified atom stereocenters. The van der Waals surface area contributed by atoms with E-state index < -0.39 is 0 Å². The molecule has 0 saturated carbocycles. The Morgan fingerprint density at radius 3 is 2.43 bits per heavy atom. The molecule has 0 radical (unpaired) electrons. The normalized spacial score (nSPS) is 23.2. The Bertz CT molecular complexity index is 1570. The van der Waals surface area contributed by atoms with E-state index in [1.54, 1.807) is 0 Å². The van der Waals surface area contributed by atoms with Gasteiger partial charge in [-0.15, -0.1) is 0 Å². The van der Waals surface area contributed by atoms with E-state index in [2.05, 4.69) is 46.4 Å². The molecule has 4 heterocycles. The van der Waals surface area contributed by atoms with Gasteiger partial charge in [-0.1, -0.05) is 43.6 Å². The van der Waals surface area contributed by atoms with E-state index in [4.69, 9.17) is 21.1 Å². The van der Waals surface area contributed by atoms with Gasteiger partial charge < -0.3 is 14.8 Å². The Morgan fingerprint density at radius 1 is 1.02 bits per heavy atom. The number of aromatic amines is 1. The largest absolute Gasteiger partial charge is 0.490 e. The van der Waals surface area contributed by atoms with Gasteiger partial charge in [0.15, 0.2) is 0 Å². The SMILES string of the molecule is CC(C)[C@H](NC(=O)c1ccc2[nH]nc(-c3ccc(OC4C[C@H]5CC[C@@H](C4)N5C4COC4)cc3)c2c1)c1ccccc1Cl. The molecule has 42 heavy (non-hydrogen) atoms. The van der Waals surface area contributed by atoms with Gasteiger partial charge in [-0.3, -0.25) is 14.8 Å². The zero-order valence-electron chi connectivity index (χ0n) is 24.1. The van der Waals surface area contributed by atoms with E-state index in [0.29, 0.717) is 28.7 Å². The number of piperidine rings is 1. The summed E-state index contributed by atoms with van der Waals surface area (Å²) < 4.78 is 11.9. The number of carbonyl (C=O) groups is 1. The van der Waals surface area contributed by atoms with Crippen molar-refractivity contribution in [2.24, 2.45) is 5.92 Å². The summed E-state index contributed by atoms with van der Waals surface area (Å²) in [6.45, 7) is 5.93. The van der Waals surface area contributed by atoms with Crippen molar-refractivity contribution in [3.63, 3.8) is 0 Å². The Morgan fingerprint density at radius 2 is 1.76 bits per heavy atom. The lowest BCUT2D eigenvalue weighted by atomic mass is 9.95. The summed E-state index contributed by atoms with van der Waals surface area (Å²) in [7, 11) is 0. The average molecular weight is 585 g/mol. The van der Waals surface area contributed by atoms with Crippen LogP contribution in [0.15, 0.2) is 66.7 Å². The molecule has 3 saturated heterocycles. The molecular weight excluding hydrogens is 548 g/mol. The van der Waals surface area contributed by atoms with Crippen LogP contribution in [0.4, 0.5) is 0 Å². The highest BCUT2D eigenvalue weighted by Crippen LogP contribution is 2.40. The second-order valence-corrected chi connectivity index (χ2v) is 12.7. The van der Waals surface area contributed by atoms with E-state index in [9.17, 15) is 4.79 Å². The van der Waals surface area contributed by atoms with Crippen LogP contribution in [0.3, 0.4) is 0 Å². The van der Waals surface area contributed by atoms with Crippen LogP contribution in [-0.2, 0) is 4.74 Å². The van der Waals surface area contributed by atoms with Crippen LogP contribution in [-0.4, -0.2) is 58.4 Å². The molecule has 7 rings (SSSR count). The average Bonchev–Trinajstić information content (AvgIpc) is 3.48. The van der Waals surface area contributed by atoms with Crippen LogP contribution in [0.5, 0.6) is 5.75 Å². The molecule has 0 spiro atoms. The summed E-state index contributed by atoms with van der Waals surface area (Å²) >= 11 is 6.47. The number of hydrogen-bond donors (Lipinski definition) is 2. The summed E-state index contributed by atoms with van der Waals surface area (Å²) in [4.78, 5) is 16.1. The number of benzene rings is 3. The number of hydrogen-bond acceptors (Lipinski definition) is 5. The van der Waals surface area contributed by atoms with Crippen LogP contribution in [0.2, 0.25) is 5.02 Å². The second-order valence-electron chi connectivity index (χ2n) is 12.3. The first kappa shape index (κ1) is 27.4. The van der Waals surface area contributed by atoms with Gasteiger partial charge in [-0.25, -0.2) is 0 Å². The molecule has 1 amide bonds. The lowest BCUT2D eigenvalue weighted by Gasteiger charge is -2.46. The van der Waals surface area contributed by atoms with E-state index >= 15 is 0 Å². The summed E-state index contributed by atoms with van der Waals surface area (Å²) in [6.07, 6.45) is 4.95. The van der Waals surface area contributed by atoms with Crippen molar-refractivity contribution in [1.82, 2.24) is 20.4 Å². The van der Waals surface area contributed by atoms with Gasteiger partial charge in [0.2, 0.25) is 0 Å². The maximum absolute atomic E-state index is 13.4. The molecule has 3 fully saturated rings. The first-order valence-corrected chi connectivity index (χ1v) is 15.5. The van der Waals surface area contributed by atoms with Gasteiger partial charge in [0.05, 0.1) is 36.5 Å². The molecule has 0 aliphatic carbocycles. The van der Waals surface area contributed by atoms with Crippen molar-refractivity contribution in [3.8, 4) is 17.0 Å². The predicted molar refractivity (Wildman–Crippen MR) is 165 cm³/mol. The third-order valence-electron chi connectivity index (χ3n) is 9.24. The number of carbonyl (C=O) groups excluding carboxylic acids is 1. The minimum atomic E-state index is -0.201. The minimum Gasteiger partial charge on any atom is -0.490 e. The van der Waals surface area contributed by atoms with E-state index in [0.717, 1.165) is 59.5 Å². The predicted octanol–water partition coefficient (Wildman–Crippen LogP) is 6.78. The summed E-state index contributed by atoms with van der Waals surface area (Å²) in [6, 6.07) is 23.1. The van der Waals surface area contributed by atoms with Crippen LogP contribution >= 0.6 is 11.6 Å². The number of amides is 1. The standard InChI is InChI=1S/C34H37ClN4O3/c1-20(2)32(28-5-3-4-6-30(28)35)36-34(40)22-9-14-31-29(15-22)33(38-37-31)21-7-12-26(13-8-21)42-27-16-23-10-11-24(17-27)39(23)25-18-41-19-25/h3-9,12-15,20,23-25,27,32H,10-11,16-19H2,1-2H3,(H,36,40)(H,37,38)/t23-,24+,27?,32-/m0/s1. The molecule has 3 aliphatic heterocycles. The fourth-order valence-electron chi connectivity index (χ4n) is 7.07. The van der Waals surface area contributed by atoms with Crippen molar-refractivity contribution >= 4 is 28.4 Å². The summed E-state index contributed by atoms with van der Waals surface area (Å²) in [5.74, 6) is 0.918. The van der Waals surface area contributed by atoms with Gasteiger partial charge >= 0.3 is 0 Å². The number of fused-ring (bicyclic) bond motifs is 3. The number of rotatable bonds is 8. The number of nitrogens with one attached hydrogen (secondary N) is 2. The van der Waals surface area contributed by atoms with Crippen LogP contribution in [0.1, 0.15) is 61.5 Å². The van der Waals surface area contributed by atoms with Crippen molar-refractivity contribution in [3.05, 3.63) is 82.9 Å². The van der Waals surface area contributed by atoms with Gasteiger partial charge in [0.1, 0.15) is 11.9 Å². The molecule has 1 aromatic heterocycles. The van der Waals surface area contributed by atoms with Crippen molar-refractivity contribution in [2.75, 3.05) is 13.2 Å². The second kappa shape index (κ2) is 11.4. The topological polar surface area (TPSA) is 79.5 Å². The zero-order valence-corrected chi connectivity index (χ0v) is 24.8. The Balaban J connectivity index is 1.06. The molecule has 2 bridgehead atoms. The van der Waals surface area contributed by atoms with Crippen molar-refractivity contribution < 1.29 is 14.3 Å². The van der Waals surface area contributed by atoms with Gasteiger partial charge in [-0.2, -0.15) is 5.10 Å². The Labute approximate surface area is 251 Å². The van der Waals surface area contributed by atoms with Crippen molar-refractivity contribution in [1.29, 1.82) is 0 Å². The number of nitrogens with zero attached hydrogens (tertiary/aromatic N) is 2. The summed E-state index contributed by atoms with van der Waals surface area (Å²) in [5.41, 5.74) is 4.17. The van der Waals surface area contributed by atoms with E-state index in [-0.39, 0.29) is 24.0 Å². The molecule has 3 aliphatic rings. The van der Waals surface area contributed by atoms with Crippen molar-refractivity contribution in [2.45, 2.75) is 69.8 Å². The molecule has 4 aromatic rings. The summed E-state index contributed by atoms with van der Waals surface area (Å²) in [5, 5.41) is 12.5. The molecule has 4 atom stereocenters. The highest BCUT2D eigenvalue weighted by molar-refractivity contribution is 6.31. The molecular formula is C34H37ClN4O3. The first-order valence-electron chi connectivity index (χ1n) is 15.1. The lowest BCUT2D eigenvalue weighted by molar-refractivity contribution is -0.102. The van der Waals surface area contributed by atoms with Crippen LogP contribution in [0, 0.1) is 5.92 Å². The third kappa shape index (κ3) is 5.19. The fraction of sp³-hybridized carbons (Fsp3) is 0.412. The highest BCUT2D eigenvalue weighted by Gasteiger charge is 2.46. The number of halogens is 1. The number of ether oxygens (including phenoxy) is 2. The monoisotopic (exact) mass is 584 g/mol. The quantitative estimate of drug-likeness (QED) is 0.238. The van der Waals surface area contributed by atoms with Gasteiger partial charge in [0.25, 0.3) is 5.91 Å². The first-order chi connectivity index (χ1) is 20.4. The molecule has 2 N–H and O–H groups in total. The molecule has 7 nitrogen and oxygen atoms in total. The number of aromatic nitrogens is 2. The Kier molecular flexibility index (Phi) is 7.42. The maximum Gasteiger partial charge on any atom is 0.251 e. The lowest BCUT2D eigenvalue weighted by Crippen LogP contribution is -2.57. The zero-order chi connectivity index (χ0) is 28.8. The Hall–Kier alpha value is -3.39. The number of H-pyrrole nitrogens is 1. The highest BCUT2D eigenvalue weighted by atomic mass is 35.5. The molecule has 3 aromatic carbocycles. The molecule has 8 heteroatoms. The van der Waals surface area contributed by atoms with Gasteiger partial charge in [-0.05, 0) is 85.7 Å². The van der Waals surface area contributed by atoms with Crippen LogP contribution in [0.25, 0.3) is 22.2 Å².